The number of rotatable bonds is 6. The molecule has 156 valence electrons. The number of anilines is 3. The molecule has 1 heterocycles. The number of nitro groups is 1. The Morgan fingerprint density at radius 2 is 1.90 bits per heavy atom. The second kappa shape index (κ2) is 8.19. The Morgan fingerprint density at radius 3 is 2.57 bits per heavy atom. The average molecular weight is 420 g/mol. The summed E-state index contributed by atoms with van der Waals surface area (Å²) in [4.78, 5) is 21.7. The fourth-order valence-electron chi connectivity index (χ4n) is 2.51. The predicted octanol–water partition coefficient (Wildman–Crippen LogP) is 4.01. The molecule has 0 spiro atoms. The molecule has 1 aromatic heterocycles. The number of nitro benzene ring substituents is 1. The highest BCUT2D eigenvalue weighted by Gasteiger charge is 2.36. The molecule has 0 saturated carbocycles. The van der Waals surface area contributed by atoms with E-state index in [-0.39, 0.29) is 17.7 Å². The van der Waals surface area contributed by atoms with Crippen LogP contribution in [0.3, 0.4) is 0 Å². The Bertz CT molecular complexity index is 1090. The average Bonchev–Trinajstić information content (AvgIpc) is 2.67. The second-order valence-electron chi connectivity index (χ2n) is 6.10. The van der Waals surface area contributed by atoms with E-state index in [0.717, 1.165) is 17.7 Å². The summed E-state index contributed by atoms with van der Waals surface area (Å²) < 4.78 is 44.9. The predicted molar refractivity (Wildman–Crippen MR) is 101 cm³/mol. The van der Waals surface area contributed by atoms with Crippen molar-refractivity contribution < 1.29 is 22.8 Å². The zero-order chi connectivity index (χ0) is 21.9. The summed E-state index contributed by atoms with van der Waals surface area (Å²) in [5.41, 5.74) is 5.30. The van der Waals surface area contributed by atoms with Gasteiger partial charge in [0.15, 0.2) is 5.82 Å². The highest BCUT2D eigenvalue weighted by molar-refractivity contribution is 5.58. The minimum absolute atomic E-state index is 0.0231. The zero-order valence-corrected chi connectivity index (χ0v) is 15.5. The molecule has 0 unspecified atom stereocenters. The topological polar surface area (TPSA) is 129 Å². The molecule has 3 rings (SSSR count). The zero-order valence-electron chi connectivity index (χ0n) is 15.5. The number of nitrogen functional groups attached to an aromatic ring is 1. The Morgan fingerprint density at radius 1 is 1.17 bits per heavy atom. The summed E-state index contributed by atoms with van der Waals surface area (Å²) in [7, 11) is 0. The number of non-ortho nitro benzene ring substituents is 1. The first-order chi connectivity index (χ1) is 14.1. The van der Waals surface area contributed by atoms with Crippen LogP contribution in [-0.2, 0) is 12.8 Å². The quantitative estimate of drug-likeness (QED) is 0.452. The molecule has 12 heteroatoms. The van der Waals surface area contributed by atoms with Gasteiger partial charge in [-0.15, -0.1) is 0 Å². The van der Waals surface area contributed by atoms with Gasteiger partial charge in [-0.25, -0.2) is 0 Å². The number of halogens is 3. The van der Waals surface area contributed by atoms with Gasteiger partial charge in [-0.1, -0.05) is 18.2 Å². The number of hydrogen-bond donors (Lipinski definition) is 2. The third-order valence-electron chi connectivity index (χ3n) is 3.93. The van der Waals surface area contributed by atoms with Gasteiger partial charge in [-0.05, 0) is 24.6 Å². The van der Waals surface area contributed by atoms with Crippen LogP contribution in [0, 0.1) is 17.0 Å². The van der Waals surface area contributed by atoms with Crippen molar-refractivity contribution in [2.45, 2.75) is 19.7 Å². The number of para-hydroxylation sites is 1. The van der Waals surface area contributed by atoms with Crippen LogP contribution in [0.15, 0.2) is 42.5 Å². The van der Waals surface area contributed by atoms with Crippen LogP contribution in [0.5, 0.6) is 5.75 Å². The fraction of sp³-hybridized carbons (Fsp3) is 0.167. The molecule has 0 aliphatic carbocycles. The lowest BCUT2D eigenvalue weighted by Crippen LogP contribution is -2.12. The van der Waals surface area contributed by atoms with E-state index in [9.17, 15) is 23.3 Å². The smallest absolute Gasteiger partial charge is 0.420 e. The fourth-order valence-corrected chi connectivity index (χ4v) is 2.51. The Kier molecular flexibility index (Phi) is 5.67. The minimum atomic E-state index is -4.85. The van der Waals surface area contributed by atoms with E-state index in [1.165, 1.54) is 0 Å². The van der Waals surface area contributed by atoms with Crippen LogP contribution in [0.25, 0.3) is 0 Å². The molecular weight excluding hydrogens is 405 g/mol. The maximum Gasteiger partial charge on any atom is 0.420 e. The van der Waals surface area contributed by atoms with Gasteiger partial charge in [0.05, 0.1) is 4.92 Å². The van der Waals surface area contributed by atoms with Crippen LogP contribution < -0.4 is 15.8 Å². The van der Waals surface area contributed by atoms with Gasteiger partial charge >= 0.3 is 6.18 Å². The first-order valence-electron chi connectivity index (χ1n) is 8.45. The van der Waals surface area contributed by atoms with E-state index in [1.807, 2.05) is 19.1 Å². The van der Waals surface area contributed by atoms with Crippen LogP contribution in [-0.4, -0.2) is 19.9 Å². The number of nitrogens with two attached hydrogens (primary N) is 1. The molecule has 0 amide bonds. The van der Waals surface area contributed by atoms with Gasteiger partial charge < -0.3 is 15.8 Å². The number of benzene rings is 2. The van der Waals surface area contributed by atoms with Crippen LogP contribution in [0.1, 0.15) is 17.0 Å². The van der Waals surface area contributed by atoms with Gasteiger partial charge in [-0.2, -0.15) is 28.1 Å². The molecule has 0 fully saturated rings. The van der Waals surface area contributed by atoms with Crippen molar-refractivity contribution in [3.8, 4) is 5.75 Å². The van der Waals surface area contributed by atoms with Crippen molar-refractivity contribution in [2.24, 2.45) is 0 Å². The lowest BCUT2D eigenvalue weighted by Gasteiger charge is -2.14. The molecule has 0 atom stereocenters. The highest BCUT2D eigenvalue weighted by Crippen LogP contribution is 2.38. The first-order valence-corrected chi connectivity index (χ1v) is 8.45. The minimum Gasteiger partial charge on any atom is -0.485 e. The summed E-state index contributed by atoms with van der Waals surface area (Å²) in [6.45, 7) is 1.40. The number of nitrogens with one attached hydrogen (secondary N) is 1. The molecule has 30 heavy (non-hydrogen) atoms. The molecular formula is C18H15F3N6O3. The number of nitrogens with zero attached hydrogens (tertiary/aromatic N) is 4. The third-order valence-corrected chi connectivity index (χ3v) is 3.93. The molecule has 0 aliphatic rings. The van der Waals surface area contributed by atoms with Crippen molar-refractivity contribution in [1.29, 1.82) is 0 Å². The summed E-state index contributed by atoms with van der Waals surface area (Å²) in [5.74, 6) is -0.680. The summed E-state index contributed by atoms with van der Waals surface area (Å²) in [6, 6.07) is 9.50. The third kappa shape index (κ3) is 4.90. The van der Waals surface area contributed by atoms with E-state index in [0.29, 0.717) is 11.8 Å². The lowest BCUT2D eigenvalue weighted by atomic mass is 10.1. The van der Waals surface area contributed by atoms with E-state index in [4.69, 9.17) is 10.5 Å². The normalized spacial score (nSPS) is 11.2. The van der Waals surface area contributed by atoms with Crippen molar-refractivity contribution in [1.82, 2.24) is 15.0 Å². The molecule has 0 radical (unpaired) electrons. The molecule has 3 N–H and O–H groups in total. The Balaban J connectivity index is 1.83. The van der Waals surface area contributed by atoms with Gasteiger partial charge in [0.25, 0.3) is 5.69 Å². The Labute approximate surface area is 167 Å². The molecule has 0 saturated heterocycles. The van der Waals surface area contributed by atoms with E-state index < -0.39 is 34.7 Å². The summed E-state index contributed by atoms with van der Waals surface area (Å²) >= 11 is 0. The van der Waals surface area contributed by atoms with Gasteiger partial charge in [0.1, 0.15) is 17.9 Å². The molecule has 0 bridgehead atoms. The van der Waals surface area contributed by atoms with Gasteiger partial charge in [0.2, 0.25) is 11.9 Å². The van der Waals surface area contributed by atoms with E-state index >= 15 is 0 Å². The second-order valence-corrected chi connectivity index (χ2v) is 6.10. The maximum atomic E-state index is 13.3. The number of aryl methyl sites for hydroxylation is 1. The molecule has 9 nitrogen and oxygen atoms in total. The summed E-state index contributed by atoms with van der Waals surface area (Å²) in [5, 5.41) is 13.7. The van der Waals surface area contributed by atoms with Gasteiger partial charge in [0, 0.05) is 17.8 Å². The highest BCUT2D eigenvalue weighted by atomic mass is 19.4. The number of aromatic nitrogens is 3. The number of ether oxygens (including phenoxy) is 1. The SMILES string of the molecule is Cc1ccccc1Nc1nc(N)nc(COc2ccc([N+](=O)[O-])cc2C(F)(F)F)n1. The lowest BCUT2D eigenvalue weighted by molar-refractivity contribution is -0.385. The summed E-state index contributed by atoms with van der Waals surface area (Å²) in [6.07, 6.45) is -4.85. The molecule has 3 aromatic rings. The van der Waals surface area contributed by atoms with Crippen molar-refractivity contribution in [2.75, 3.05) is 11.1 Å². The number of hydrogen-bond acceptors (Lipinski definition) is 8. The molecule has 0 aliphatic heterocycles. The molecule has 2 aromatic carbocycles. The number of alkyl halides is 3. The van der Waals surface area contributed by atoms with Crippen LogP contribution in [0.4, 0.5) is 36.4 Å². The van der Waals surface area contributed by atoms with E-state index in [1.54, 1.807) is 12.1 Å². The largest absolute Gasteiger partial charge is 0.485 e. The monoisotopic (exact) mass is 420 g/mol. The van der Waals surface area contributed by atoms with Crippen molar-refractivity contribution in [3.63, 3.8) is 0 Å². The van der Waals surface area contributed by atoms with Crippen molar-refractivity contribution in [3.05, 3.63) is 69.5 Å². The van der Waals surface area contributed by atoms with Crippen LogP contribution >= 0.6 is 0 Å². The maximum absolute atomic E-state index is 13.3. The van der Waals surface area contributed by atoms with Crippen molar-refractivity contribution >= 4 is 23.3 Å². The standard InChI is InChI=1S/C18H15F3N6O3/c1-10-4-2-3-5-13(10)23-17-25-15(24-16(22)26-17)9-30-14-7-6-11(27(28)29)8-12(14)18(19,20)21/h2-8H,9H2,1H3,(H3,22,23,24,25,26). The van der Waals surface area contributed by atoms with Gasteiger partial charge in [-0.3, -0.25) is 10.1 Å². The first kappa shape index (κ1) is 20.8. The van der Waals surface area contributed by atoms with E-state index in [2.05, 4.69) is 20.3 Å². The Hall–Kier alpha value is -3.96. The van der Waals surface area contributed by atoms with Crippen LogP contribution in [0.2, 0.25) is 0 Å².